The van der Waals surface area contributed by atoms with E-state index in [9.17, 15) is 14.0 Å². The molecule has 1 saturated carbocycles. The van der Waals surface area contributed by atoms with E-state index >= 15 is 0 Å². The average molecular weight is 292 g/mol. The Hall–Kier alpha value is -1.75. The summed E-state index contributed by atoms with van der Waals surface area (Å²) in [4.78, 5) is 23.9. The number of amides is 1. The van der Waals surface area contributed by atoms with Crippen molar-refractivity contribution in [3.8, 4) is 0 Å². The molecule has 21 heavy (non-hydrogen) atoms. The number of ketones is 1. The number of hydrogen-bond acceptors (Lipinski definition) is 3. The summed E-state index contributed by atoms with van der Waals surface area (Å²) in [6.45, 7) is 2.12. The van der Waals surface area contributed by atoms with Crippen molar-refractivity contribution in [3.05, 3.63) is 35.6 Å². The third kappa shape index (κ3) is 4.63. The predicted molar refractivity (Wildman–Crippen MR) is 78.2 cm³/mol. The van der Waals surface area contributed by atoms with E-state index in [0.717, 1.165) is 12.8 Å². The highest BCUT2D eigenvalue weighted by atomic mass is 19.1. The standard InChI is InChI=1S/C16H21FN2O2/c1-10(16(21)12-3-2-4-13(17)8-12)7-15(20)19-9-14(18)11-5-6-11/h2-4,8,10-11,14H,5-7,9,18H2,1H3,(H,19,20). The minimum Gasteiger partial charge on any atom is -0.355 e. The SMILES string of the molecule is CC(CC(=O)NCC(N)C1CC1)C(=O)c1cccc(F)c1. The van der Waals surface area contributed by atoms with Crippen LogP contribution in [0.5, 0.6) is 0 Å². The number of halogens is 1. The van der Waals surface area contributed by atoms with Gasteiger partial charge in [-0.1, -0.05) is 19.1 Å². The normalized spacial score (nSPS) is 17.1. The van der Waals surface area contributed by atoms with E-state index in [1.807, 2.05) is 0 Å². The molecule has 2 unspecified atom stereocenters. The van der Waals surface area contributed by atoms with E-state index < -0.39 is 11.7 Å². The fraction of sp³-hybridized carbons (Fsp3) is 0.500. The van der Waals surface area contributed by atoms with E-state index in [-0.39, 0.29) is 24.2 Å². The molecular formula is C16H21FN2O2. The van der Waals surface area contributed by atoms with Crippen LogP contribution in [0.1, 0.15) is 36.5 Å². The molecule has 1 aromatic rings. The summed E-state index contributed by atoms with van der Waals surface area (Å²) in [6.07, 6.45) is 2.35. The number of carbonyl (C=O) groups excluding carboxylic acids is 2. The molecule has 5 heteroatoms. The van der Waals surface area contributed by atoms with Crippen LogP contribution in [0, 0.1) is 17.7 Å². The molecule has 1 fully saturated rings. The van der Waals surface area contributed by atoms with Crippen molar-refractivity contribution in [3.63, 3.8) is 0 Å². The number of carbonyl (C=O) groups is 2. The molecule has 4 nitrogen and oxygen atoms in total. The second-order valence-electron chi connectivity index (χ2n) is 5.79. The van der Waals surface area contributed by atoms with E-state index in [1.165, 1.54) is 18.2 Å². The van der Waals surface area contributed by atoms with Gasteiger partial charge in [-0.3, -0.25) is 9.59 Å². The van der Waals surface area contributed by atoms with Crippen molar-refractivity contribution in [1.29, 1.82) is 0 Å². The van der Waals surface area contributed by atoms with Gasteiger partial charge in [-0.05, 0) is 30.9 Å². The zero-order chi connectivity index (χ0) is 15.4. The number of hydrogen-bond donors (Lipinski definition) is 2. The monoisotopic (exact) mass is 292 g/mol. The molecule has 0 aromatic heterocycles. The van der Waals surface area contributed by atoms with Gasteiger partial charge >= 0.3 is 0 Å². The smallest absolute Gasteiger partial charge is 0.220 e. The first-order valence-electron chi connectivity index (χ1n) is 7.29. The lowest BCUT2D eigenvalue weighted by atomic mass is 9.96. The molecule has 0 bridgehead atoms. The van der Waals surface area contributed by atoms with Crippen LogP contribution >= 0.6 is 0 Å². The summed E-state index contributed by atoms with van der Waals surface area (Å²) in [5, 5.41) is 2.76. The lowest BCUT2D eigenvalue weighted by Crippen LogP contribution is -2.39. The van der Waals surface area contributed by atoms with Gasteiger partial charge in [0, 0.05) is 30.5 Å². The summed E-state index contributed by atoms with van der Waals surface area (Å²) in [5.41, 5.74) is 6.20. The maximum atomic E-state index is 13.1. The van der Waals surface area contributed by atoms with Crippen molar-refractivity contribution in [1.82, 2.24) is 5.32 Å². The quantitative estimate of drug-likeness (QED) is 0.754. The molecule has 2 atom stereocenters. The minimum atomic E-state index is -0.482. The molecular weight excluding hydrogens is 271 g/mol. The summed E-state index contributed by atoms with van der Waals surface area (Å²) >= 11 is 0. The number of Topliss-reactive ketones (excluding diaryl/α,β-unsaturated/α-hetero) is 1. The lowest BCUT2D eigenvalue weighted by Gasteiger charge is -2.14. The Morgan fingerprint density at radius 1 is 1.43 bits per heavy atom. The minimum absolute atomic E-state index is 0.00294. The largest absolute Gasteiger partial charge is 0.355 e. The molecule has 1 aliphatic carbocycles. The summed E-state index contributed by atoms with van der Waals surface area (Å²) < 4.78 is 13.1. The fourth-order valence-electron chi connectivity index (χ4n) is 2.29. The molecule has 1 amide bonds. The van der Waals surface area contributed by atoms with Crippen LogP contribution in [0.3, 0.4) is 0 Å². The van der Waals surface area contributed by atoms with E-state index in [0.29, 0.717) is 18.0 Å². The number of nitrogens with one attached hydrogen (secondary N) is 1. The second-order valence-corrected chi connectivity index (χ2v) is 5.79. The van der Waals surface area contributed by atoms with Gasteiger partial charge in [0.15, 0.2) is 5.78 Å². The summed E-state index contributed by atoms with van der Waals surface area (Å²) in [5.74, 6) is -0.826. The molecule has 2 rings (SSSR count). The Bertz CT molecular complexity index is 529. The molecule has 0 aliphatic heterocycles. The Morgan fingerprint density at radius 2 is 2.14 bits per heavy atom. The van der Waals surface area contributed by atoms with Gasteiger partial charge in [-0.2, -0.15) is 0 Å². The predicted octanol–water partition coefficient (Wildman–Crippen LogP) is 1.89. The fourth-order valence-corrected chi connectivity index (χ4v) is 2.29. The average Bonchev–Trinajstić information content (AvgIpc) is 3.28. The van der Waals surface area contributed by atoms with Gasteiger partial charge in [0.2, 0.25) is 5.91 Å². The van der Waals surface area contributed by atoms with E-state index in [2.05, 4.69) is 5.32 Å². The summed E-state index contributed by atoms with van der Waals surface area (Å²) in [6, 6.07) is 5.53. The van der Waals surface area contributed by atoms with Crippen molar-refractivity contribution in [2.75, 3.05) is 6.54 Å². The Labute approximate surface area is 123 Å². The molecule has 0 spiro atoms. The number of benzene rings is 1. The van der Waals surface area contributed by atoms with Crippen molar-refractivity contribution < 1.29 is 14.0 Å². The van der Waals surface area contributed by atoms with Crippen molar-refractivity contribution in [2.24, 2.45) is 17.6 Å². The molecule has 114 valence electrons. The van der Waals surface area contributed by atoms with E-state index in [4.69, 9.17) is 5.73 Å². The molecule has 1 aliphatic rings. The second kappa shape index (κ2) is 6.80. The van der Waals surface area contributed by atoms with Gasteiger partial charge in [-0.15, -0.1) is 0 Å². The first-order chi connectivity index (χ1) is 9.97. The zero-order valence-corrected chi connectivity index (χ0v) is 12.1. The van der Waals surface area contributed by atoms with Gasteiger partial charge < -0.3 is 11.1 Å². The highest BCUT2D eigenvalue weighted by Crippen LogP contribution is 2.31. The van der Waals surface area contributed by atoms with Gasteiger partial charge in [0.1, 0.15) is 5.82 Å². The zero-order valence-electron chi connectivity index (χ0n) is 12.1. The van der Waals surface area contributed by atoms with Crippen LogP contribution in [-0.4, -0.2) is 24.3 Å². The van der Waals surface area contributed by atoms with Crippen molar-refractivity contribution >= 4 is 11.7 Å². The highest BCUT2D eigenvalue weighted by Gasteiger charge is 2.28. The Balaban J connectivity index is 1.80. The topological polar surface area (TPSA) is 72.2 Å². The third-order valence-corrected chi connectivity index (χ3v) is 3.81. The number of nitrogens with two attached hydrogens (primary N) is 1. The van der Waals surface area contributed by atoms with E-state index in [1.54, 1.807) is 13.0 Å². The third-order valence-electron chi connectivity index (χ3n) is 3.81. The molecule has 0 radical (unpaired) electrons. The maximum Gasteiger partial charge on any atom is 0.220 e. The summed E-state index contributed by atoms with van der Waals surface area (Å²) in [7, 11) is 0. The van der Waals surface area contributed by atoms with Crippen molar-refractivity contribution in [2.45, 2.75) is 32.2 Å². The molecule has 0 heterocycles. The van der Waals surface area contributed by atoms with Crippen LogP contribution in [0.25, 0.3) is 0 Å². The molecule has 3 N–H and O–H groups in total. The first-order valence-corrected chi connectivity index (χ1v) is 7.29. The lowest BCUT2D eigenvalue weighted by molar-refractivity contribution is -0.121. The van der Waals surface area contributed by atoms with Crippen LogP contribution in [0.4, 0.5) is 4.39 Å². The Morgan fingerprint density at radius 3 is 2.76 bits per heavy atom. The van der Waals surface area contributed by atoms with Gasteiger partial charge in [0.25, 0.3) is 0 Å². The maximum absolute atomic E-state index is 13.1. The van der Waals surface area contributed by atoms with Crippen LogP contribution < -0.4 is 11.1 Å². The first kappa shape index (κ1) is 15.6. The number of rotatable bonds is 7. The van der Waals surface area contributed by atoms with Gasteiger partial charge in [-0.25, -0.2) is 4.39 Å². The van der Waals surface area contributed by atoms with Crippen LogP contribution in [0.2, 0.25) is 0 Å². The van der Waals surface area contributed by atoms with Gasteiger partial charge in [0.05, 0.1) is 0 Å². The van der Waals surface area contributed by atoms with Crippen LogP contribution in [-0.2, 0) is 4.79 Å². The molecule has 1 aromatic carbocycles. The highest BCUT2D eigenvalue weighted by molar-refractivity contribution is 5.99. The van der Waals surface area contributed by atoms with Crippen LogP contribution in [0.15, 0.2) is 24.3 Å². The molecule has 0 saturated heterocycles. The Kier molecular flexibility index (Phi) is 5.07.